The second-order valence-corrected chi connectivity index (χ2v) is 6.49. The van der Waals surface area contributed by atoms with Crippen LogP contribution in [0, 0.1) is 12.7 Å². The summed E-state index contributed by atoms with van der Waals surface area (Å²) in [6, 6.07) is 15.8. The Morgan fingerprint density at radius 3 is 2.36 bits per heavy atom. The van der Waals surface area contributed by atoms with Crippen LogP contribution in [0.1, 0.15) is 34.4 Å². The lowest BCUT2D eigenvalue weighted by molar-refractivity contribution is 0.102. The van der Waals surface area contributed by atoms with E-state index < -0.39 is 0 Å². The highest BCUT2D eigenvalue weighted by molar-refractivity contribution is 6.03. The van der Waals surface area contributed by atoms with E-state index in [1.807, 2.05) is 24.3 Å². The first-order valence-corrected chi connectivity index (χ1v) is 9.28. The van der Waals surface area contributed by atoms with Crippen LogP contribution < -0.4 is 10.6 Å². The Hall–Kier alpha value is -3.28. The molecule has 1 aromatic heterocycles. The van der Waals surface area contributed by atoms with E-state index in [0.717, 1.165) is 17.7 Å². The molecule has 0 aliphatic rings. The Balaban J connectivity index is 1.62. The molecular weight excluding hydrogens is 355 g/mol. The van der Waals surface area contributed by atoms with Gasteiger partial charge in [0.15, 0.2) is 0 Å². The molecule has 144 valence electrons. The number of benzene rings is 2. The summed E-state index contributed by atoms with van der Waals surface area (Å²) >= 11 is 0. The number of nitrogens with one attached hydrogen (secondary N) is 2. The fourth-order valence-corrected chi connectivity index (χ4v) is 2.78. The van der Waals surface area contributed by atoms with Crippen molar-refractivity contribution >= 4 is 17.4 Å². The summed E-state index contributed by atoms with van der Waals surface area (Å²) in [4.78, 5) is 21.1. The average Bonchev–Trinajstić information content (AvgIpc) is 2.69. The van der Waals surface area contributed by atoms with Gasteiger partial charge in [0.05, 0.1) is 0 Å². The molecule has 28 heavy (non-hydrogen) atoms. The fraction of sp³-hybridized carbons (Fsp3) is 0.227. The minimum Gasteiger partial charge on any atom is -0.370 e. The molecule has 6 heteroatoms. The van der Waals surface area contributed by atoms with Crippen LogP contribution in [0.4, 0.5) is 15.9 Å². The SMILES string of the molecule is CCc1ccc(NC(=O)c2cc(NCCc3ccc(F)cc3)nc(C)n2)cc1. The van der Waals surface area contributed by atoms with Crippen LogP contribution in [0.15, 0.2) is 54.6 Å². The predicted molar refractivity (Wildman–Crippen MR) is 109 cm³/mol. The van der Waals surface area contributed by atoms with Crippen molar-refractivity contribution in [3.63, 3.8) is 0 Å². The van der Waals surface area contributed by atoms with Gasteiger partial charge in [0.2, 0.25) is 0 Å². The van der Waals surface area contributed by atoms with Crippen LogP contribution in [0.2, 0.25) is 0 Å². The molecule has 2 aromatic carbocycles. The summed E-state index contributed by atoms with van der Waals surface area (Å²) in [5.41, 5.74) is 3.26. The fourth-order valence-electron chi connectivity index (χ4n) is 2.78. The largest absolute Gasteiger partial charge is 0.370 e. The van der Waals surface area contributed by atoms with Gasteiger partial charge in [-0.25, -0.2) is 14.4 Å². The van der Waals surface area contributed by atoms with Gasteiger partial charge >= 0.3 is 0 Å². The van der Waals surface area contributed by atoms with Crippen LogP contribution in [-0.4, -0.2) is 22.4 Å². The van der Waals surface area contributed by atoms with Gasteiger partial charge < -0.3 is 10.6 Å². The summed E-state index contributed by atoms with van der Waals surface area (Å²) in [6.07, 6.45) is 1.67. The summed E-state index contributed by atoms with van der Waals surface area (Å²) in [7, 11) is 0. The molecule has 0 spiro atoms. The van der Waals surface area contributed by atoms with Gasteiger partial charge in [-0.3, -0.25) is 4.79 Å². The molecule has 0 saturated heterocycles. The van der Waals surface area contributed by atoms with Crippen molar-refractivity contribution in [3.8, 4) is 0 Å². The van der Waals surface area contributed by atoms with Crippen LogP contribution in [0.5, 0.6) is 0 Å². The zero-order valence-corrected chi connectivity index (χ0v) is 16.0. The lowest BCUT2D eigenvalue weighted by Gasteiger charge is -2.10. The molecule has 3 aromatic rings. The number of amides is 1. The summed E-state index contributed by atoms with van der Waals surface area (Å²) in [6.45, 7) is 4.45. The number of hydrogen-bond donors (Lipinski definition) is 2. The normalized spacial score (nSPS) is 10.5. The summed E-state index contributed by atoms with van der Waals surface area (Å²) in [5, 5.41) is 6.06. The number of carbonyl (C=O) groups is 1. The molecule has 0 fully saturated rings. The van der Waals surface area contributed by atoms with Gasteiger partial charge in [-0.05, 0) is 55.2 Å². The van der Waals surface area contributed by atoms with Gasteiger partial charge in [-0.2, -0.15) is 0 Å². The maximum Gasteiger partial charge on any atom is 0.274 e. The average molecular weight is 378 g/mol. The Bertz CT molecular complexity index is 940. The van der Waals surface area contributed by atoms with Crippen molar-refractivity contribution in [3.05, 3.63) is 83.1 Å². The molecule has 0 atom stereocenters. The zero-order chi connectivity index (χ0) is 19.9. The maximum absolute atomic E-state index is 13.0. The highest BCUT2D eigenvalue weighted by Gasteiger charge is 2.11. The monoisotopic (exact) mass is 378 g/mol. The van der Waals surface area contributed by atoms with E-state index >= 15 is 0 Å². The first kappa shape index (κ1) is 19.5. The first-order chi connectivity index (χ1) is 13.5. The molecule has 0 aliphatic carbocycles. The smallest absolute Gasteiger partial charge is 0.274 e. The second kappa shape index (κ2) is 9.08. The van der Waals surface area contributed by atoms with Gasteiger partial charge in [0.25, 0.3) is 5.91 Å². The van der Waals surface area contributed by atoms with Crippen LogP contribution in [-0.2, 0) is 12.8 Å². The number of aromatic nitrogens is 2. The quantitative estimate of drug-likeness (QED) is 0.640. The Labute approximate surface area is 164 Å². The molecule has 2 N–H and O–H groups in total. The van der Waals surface area contributed by atoms with Crippen molar-refractivity contribution in [1.82, 2.24) is 9.97 Å². The lowest BCUT2D eigenvalue weighted by atomic mass is 10.1. The predicted octanol–water partition coefficient (Wildman–Crippen LogP) is 4.39. The molecule has 1 heterocycles. The van der Waals surface area contributed by atoms with Gasteiger partial charge in [0, 0.05) is 18.3 Å². The Morgan fingerprint density at radius 2 is 1.68 bits per heavy atom. The van der Waals surface area contributed by atoms with E-state index in [4.69, 9.17) is 0 Å². The molecule has 0 bridgehead atoms. The first-order valence-electron chi connectivity index (χ1n) is 9.28. The van der Waals surface area contributed by atoms with Crippen LogP contribution in [0.25, 0.3) is 0 Å². The number of carbonyl (C=O) groups excluding carboxylic acids is 1. The molecular formula is C22H23FN4O. The van der Waals surface area contributed by atoms with Crippen molar-refractivity contribution in [2.24, 2.45) is 0 Å². The molecule has 0 aliphatic heterocycles. The van der Waals surface area contributed by atoms with Crippen molar-refractivity contribution in [2.45, 2.75) is 26.7 Å². The summed E-state index contributed by atoms with van der Waals surface area (Å²) < 4.78 is 13.0. The molecule has 0 saturated carbocycles. The molecule has 0 radical (unpaired) electrons. The van der Waals surface area contributed by atoms with E-state index in [2.05, 4.69) is 27.5 Å². The molecule has 5 nitrogen and oxygen atoms in total. The van der Waals surface area contributed by atoms with Gasteiger partial charge in [-0.1, -0.05) is 31.2 Å². The number of aryl methyl sites for hydroxylation is 2. The van der Waals surface area contributed by atoms with Gasteiger partial charge in [-0.15, -0.1) is 0 Å². The highest BCUT2D eigenvalue weighted by Crippen LogP contribution is 2.13. The van der Waals surface area contributed by atoms with Crippen LogP contribution in [0.3, 0.4) is 0 Å². The third kappa shape index (κ3) is 5.36. The van der Waals surface area contributed by atoms with E-state index in [9.17, 15) is 9.18 Å². The van der Waals surface area contributed by atoms with Crippen LogP contribution >= 0.6 is 0 Å². The van der Waals surface area contributed by atoms with Crippen molar-refractivity contribution < 1.29 is 9.18 Å². The zero-order valence-electron chi connectivity index (χ0n) is 16.0. The number of rotatable bonds is 7. The van der Waals surface area contributed by atoms with Crippen molar-refractivity contribution in [1.29, 1.82) is 0 Å². The minimum atomic E-state index is -0.281. The second-order valence-electron chi connectivity index (χ2n) is 6.49. The van der Waals surface area contributed by atoms with E-state index in [1.54, 1.807) is 25.1 Å². The van der Waals surface area contributed by atoms with E-state index in [1.165, 1.54) is 17.7 Å². The molecule has 3 rings (SSSR count). The number of hydrogen-bond acceptors (Lipinski definition) is 4. The molecule has 1 amide bonds. The third-order valence-corrected chi connectivity index (χ3v) is 4.32. The van der Waals surface area contributed by atoms with E-state index in [0.29, 0.717) is 30.3 Å². The number of nitrogens with zero attached hydrogens (tertiary/aromatic N) is 2. The Morgan fingerprint density at radius 1 is 1.00 bits per heavy atom. The summed E-state index contributed by atoms with van der Waals surface area (Å²) in [5.74, 6) is 0.568. The standard InChI is InChI=1S/C22H23FN4O/c1-3-16-6-10-19(11-7-16)27-22(28)20-14-21(26-15(2)25-20)24-13-12-17-4-8-18(23)9-5-17/h4-11,14H,3,12-13H2,1-2H3,(H,27,28)(H,24,25,26). The highest BCUT2D eigenvalue weighted by atomic mass is 19.1. The minimum absolute atomic E-state index is 0.247. The number of anilines is 2. The van der Waals surface area contributed by atoms with Crippen molar-refractivity contribution in [2.75, 3.05) is 17.2 Å². The Kier molecular flexibility index (Phi) is 6.32. The molecule has 0 unspecified atom stereocenters. The number of halogens is 1. The van der Waals surface area contributed by atoms with E-state index in [-0.39, 0.29) is 11.7 Å². The topological polar surface area (TPSA) is 66.9 Å². The lowest BCUT2D eigenvalue weighted by Crippen LogP contribution is -2.16. The van der Waals surface area contributed by atoms with Gasteiger partial charge in [0.1, 0.15) is 23.2 Å². The maximum atomic E-state index is 13.0. The third-order valence-electron chi connectivity index (χ3n) is 4.32.